The second kappa shape index (κ2) is 5.44. The molecular formula is C16H17N3O2. The Morgan fingerprint density at radius 1 is 1.24 bits per heavy atom. The van der Waals surface area contributed by atoms with Gasteiger partial charge >= 0.3 is 0 Å². The smallest absolute Gasteiger partial charge is 0.219 e. The number of ether oxygens (including phenoxy) is 1. The largest absolute Gasteiger partial charge is 0.494 e. The molecule has 0 atom stereocenters. The average molecular weight is 283 g/mol. The summed E-state index contributed by atoms with van der Waals surface area (Å²) < 4.78 is 7.20. The Kier molecular flexibility index (Phi) is 3.48. The van der Waals surface area contributed by atoms with Crippen molar-refractivity contribution in [1.29, 1.82) is 0 Å². The fourth-order valence-electron chi connectivity index (χ4n) is 2.15. The summed E-state index contributed by atoms with van der Waals surface area (Å²) in [6.45, 7) is 4.56. The number of aromatic hydroxyl groups is 1. The van der Waals surface area contributed by atoms with Crippen LogP contribution in [0.2, 0.25) is 0 Å². The van der Waals surface area contributed by atoms with Crippen LogP contribution in [-0.4, -0.2) is 26.1 Å². The van der Waals surface area contributed by atoms with Gasteiger partial charge in [-0.2, -0.15) is 0 Å². The quantitative estimate of drug-likeness (QED) is 0.798. The van der Waals surface area contributed by atoms with E-state index in [0.29, 0.717) is 17.9 Å². The molecule has 0 aliphatic carbocycles. The first-order valence-electron chi connectivity index (χ1n) is 6.96. The van der Waals surface area contributed by atoms with E-state index in [1.807, 2.05) is 24.3 Å². The van der Waals surface area contributed by atoms with Crippen molar-refractivity contribution in [2.24, 2.45) is 0 Å². The molecule has 0 unspecified atom stereocenters. The highest BCUT2D eigenvalue weighted by Crippen LogP contribution is 2.24. The molecule has 3 aromatic rings. The van der Waals surface area contributed by atoms with Crippen LogP contribution < -0.4 is 4.74 Å². The predicted molar refractivity (Wildman–Crippen MR) is 80.6 cm³/mol. The van der Waals surface area contributed by atoms with E-state index >= 15 is 0 Å². The molecule has 0 aliphatic heterocycles. The molecule has 2 heterocycles. The minimum absolute atomic E-state index is 0.150. The third-order valence-corrected chi connectivity index (χ3v) is 3.27. The third kappa shape index (κ3) is 2.54. The van der Waals surface area contributed by atoms with Crippen molar-refractivity contribution < 1.29 is 9.84 Å². The lowest BCUT2D eigenvalue weighted by molar-refractivity contribution is 0.317. The lowest BCUT2D eigenvalue weighted by Gasteiger charge is -2.06. The topological polar surface area (TPSA) is 59.7 Å². The average Bonchev–Trinajstić information content (AvgIpc) is 2.80. The molecule has 1 N–H and O–H groups in total. The lowest BCUT2D eigenvalue weighted by atomic mass is 10.1. The highest BCUT2D eigenvalue weighted by molar-refractivity contribution is 5.61. The number of hydrogen-bond acceptors (Lipinski definition) is 4. The van der Waals surface area contributed by atoms with Crippen LogP contribution in [0, 0.1) is 6.92 Å². The molecule has 1 aromatic carbocycles. The van der Waals surface area contributed by atoms with Crippen LogP contribution in [0.5, 0.6) is 11.6 Å². The Balaban J connectivity index is 1.94. The number of aromatic nitrogens is 3. The molecule has 5 heteroatoms. The standard InChI is InChI=1S/C16H17N3O2/c1-3-8-21-13-6-4-12(5-7-13)14-10-19-15(9-17-14)18-11(2)16(19)20/h4-7,9-10,20H,3,8H2,1-2H3. The zero-order valence-corrected chi connectivity index (χ0v) is 12.1. The molecule has 5 nitrogen and oxygen atoms in total. The zero-order chi connectivity index (χ0) is 14.8. The molecule has 0 spiro atoms. The Labute approximate surface area is 122 Å². The summed E-state index contributed by atoms with van der Waals surface area (Å²) in [5.41, 5.74) is 2.97. The Bertz CT molecular complexity index is 763. The maximum absolute atomic E-state index is 9.96. The normalized spacial score (nSPS) is 11.0. The van der Waals surface area contributed by atoms with E-state index in [1.165, 1.54) is 0 Å². The zero-order valence-electron chi connectivity index (χ0n) is 12.1. The van der Waals surface area contributed by atoms with E-state index in [2.05, 4.69) is 16.9 Å². The number of hydrogen-bond donors (Lipinski definition) is 1. The van der Waals surface area contributed by atoms with Gasteiger partial charge in [0.25, 0.3) is 0 Å². The van der Waals surface area contributed by atoms with Gasteiger partial charge < -0.3 is 9.84 Å². The van der Waals surface area contributed by atoms with Crippen LogP contribution in [-0.2, 0) is 0 Å². The van der Waals surface area contributed by atoms with Crippen LogP contribution in [0.25, 0.3) is 16.9 Å². The fourth-order valence-corrected chi connectivity index (χ4v) is 2.15. The van der Waals surface area contributed by atoms with Crippen LogP contribution in [0.15, 0.2) is 36.7 Å². The van der Waals surface area contributed by atoms with E-state index in [-0.39, 0.29) is 5.88 Å². The van der Waals surface area contributed by atoms with Gasteiger partial charge in [0.2, 0.25) is 5.88 Å². The summed E-state index contributed by atoms with van der Waals surface area (Å²) in [6, 6.07) is 7.77. The first-order valence-corrected chi connectivity index (χ1v) is 6.96. The fraction of sp³-hybridized carbons (Fsp3) is 0.250. The van der Waals surface area contributed by atoms with Gasteiger partial charge in [0.15, 0.2) is 5.65 Å². The summed E-state index contributed by atoms with van der Waals surface area (Å²) in [5, 5.41) is 9.96. The molecule has 0 fully saturated rings. The predicted octanol–water partition coefficient (Wildman–Crippen LogP) is 3.20. The number of fused-ring (bicyclic) bond motifs is 1. The van der Waals surface area contributed by atoms with Crippen LogP contribution in [0.4, 0.5) is 0 Å². The Morgan fingerprint density at radius 3 is 2.71 bits per heavy atom. The number of rotatable bonds is 4. The number of imidazole rings is 1. The second-order valence-corrected chi connectivity index (χ2v) is 4.89. The molecule has 2 aromatic heterocycles. The van der Waals surface area contributed by atoms with Gasteiger partial charge in [0, 0.05) is 11.8 Å². The van der Waals surface area contributed by atoms with Gasteiger partial charge in [-0.05, 0) is 37.6 Å². The summed E-state index contributed by atoms with van der Waals surface area (Å²) in [7, 11) is 0. The third-order valence-electron chi connectivity index (χ3n) is 3.27. The first kappa shape index (κ1) is 13.4. The van der Waals surface area contributed by atoms with Crippen molar-refractivity contribution in [2.75, 3.05) is 6.61 Å². The van der Waals surface area contributed by atoms with Crippen LogP contribution in [0.1, 0.15) is 19.0 Å². The first-order chi connectivity index (χ1) is 10.2. The van der Waals surface area contributed by atoms with E-state index in [1.54, 1.807) is 23.7 Å². The minimum Gasteiger partial charge on any atom is -0.494 e. The maximum atomic E-state index is 9.96. The minimum atomic E-state index is 0.150. The van der Waals surface area contributed by atoms with Gasteiger partial charge in [-0.25, -0.2) is 4.98 Å². The van der Waals surface area contributed by atoms with Gasteiger partial charge in [0.1, 0.15) is 11.4 Å². The van der Waals surface area contributed by atoms with E-state index in [4.69, 9.17) is 4.74 Å². The molecule has 0 radical (unpaired) electrons. The van der Waals surface area contributed by atoms with Crippen molar-refractivity contribution in [3.8, 4) is 22.9 Å². The molecule has 0 saturated heterocycles. The summed E-state index contributed by atoms with van der Waals surface area (Å²) in [4.78, 5) is 8.61. The lowest BCUT2D eigenvalue weighted by Crippen LogP contribution is -1.95. The van der Waals surface area contributed by atoms with Crippen LogP contribution in [0.3, 0.4) is 0 Å². The Hall–Kier alpha value is -2.56. The molecule has 0 saturated carbocycles. The second-order valence-electron chi connectivity index (χ2n) is 4.89. The summed E-state index contributed by atoms with van der Waals surface area (Å²) in [6.07, 6.45) is 4.43. The van der Waals surface area contributed by atoms with E-state index in [0.717, 1.165) is 23.4 Å². The summed E-state index contributed by atoms with van der Waals surface area (Å²) >= 11 is 0. The monoisotopic (exact) mass is 283 g/mol. The van der Waals surface area contributed by atoms with Crippen molar-refractivity contribution in [2.45, 2.75) is 20.3 Å². The molecule has 108 valence electrons. The van der Waals surface area contributed by atoms with Gasteiger partial charge in [-0.3, -0.25) is 9.38 Å². The highest BCUT2D eigenvalue weighted by atomic mass is 16.5. The highest BCUT2D eigenvalue weighted by Gasteiger charge is 2.09. The van der Waals surface area contributed by atoms with Crippen molar-refractivity contribution in [1.82, 2.24) is 14.4 Å². The molecule has 0 amide bonds. The van der Waals surface area contributed by atoms with E-state index in [9.17, 15) is 5.11 Å². The van der Waals surface area contributed by atoms with Crippen LogP contribution >= 0.6 is 0 Å². The molecule has 0 aliphatic rings. The number of benzene rings is 1. The SMILES string of the molecule is CCCOc1ccc(-c2cn3c(O)c(C)nc3cn2)cc1. The molecular weight excluding hydrogens is 266 g/mol. The van der Waals surface area contributed by atoms with Gasteiger partial charge in [-0.15, -0.1) is 0 Å². The summed E-state index contributed by atoms with van der Waals surface area (Å²) in [5.74, 6) is 1.000. The molecule has 0 bridgehead atoms. The molecule has 3 rings (SSSR count). The number of nitrogens with zero attached hydrogens (tertiary/aromatic N) is 3. The van der Waals surface area contributed by atoms with Crippen molar-refractivity contribution in [3.05, 3.63) is 42.4 Å². The van der Waals surface area contributed by atoms with Crippen molar-refractivity contribution >= 4 is 5.65 Å². The Morgan fingerprint density at radius 2 is 2.00 bits per heavy atom. The van der Waals surface area contributed by atoms with Gasteiger partial charge in [-0.1, -0.05) is 6.92 Å². The number of aryl methyl sites for hydroxylation is 1. The van der Waals surface area contributed by atoms with Gasteiger partial charge in [0.05, 0.1) is 18.5 Å². The maximum Gasteiger partial charge on any atom is 0.219 e. The van der Waals surface area contributed by atoms with Crippen molar-refractivity contribution in [3.63, 3.8) is 0 Å². The van der Waals surface area contributed by atoms with E-state index < -0.39 is 0 Å². The molecule has 21 heavy (non-hydrogen) atoms.